The van der Waals surface area contributed by atoms with Gasteiger partial charge in [0.15, 0.2) is 5.96 Å². The van der Waals surface area contributed by atoms with Gasteiger partial charge in [-0.25, -0.2) is 9.78 Å². The monoisotopic (exact) mass is 418 g/mol. The molecule has 1 aromatic carbocycles. The second-order valence-corrected chi connectivity index (χ2v) is 7.65. The number of aromatic nitrogens is 1. The third-order valence-electron chi connectivity index (χ3n) is 4.27. The molecular formula is C21H30N4O3S. The molecule has 29 heavy (non-hydrogen) atoms. The molecule has 1 atom stereocenters. The summed E-state index contributed by atoms with van der Waals surface area (Å²) in [6.07, 6.45) is 0. The SMILES string of the molecule is CCOC(=O)c1sc(C(C)NC(=NC)NCCOc2c(C)cccc2C)nc1C. The van der Waals surface area contributed by atoms with Crippen molar-refractivity contribution in [2.75, 3.05) is 26.8 Å². The molecule has 158 valence electrons. The number of carbonyl (C=O) groups is 1. The zero-order chi connectivity index (χ0) is 21.4. The summed E-state index contributed by atoms with van der Waals surface area (Å²) in [6.45, 7) is 11.1. The molecule has 0 aliphatic carbocycles. The number of para-hydroxylation sites is 1. The van der Waals surface area contributed by atoms with E-state index in [1.807, 2.05) is 45.9 Å². The van der Waals surface area contributed by atoms with Gasteiger partial charge in [-0.2, -0.15) is 0 Å². The Hall–Kier alpha value is -2.61. The minimum absolute atomic E-state index is 0.104. The van der Waals surface area contributed by atoms with E-state index < -0.39 is 0 Å². The number of aliphatic imine (C=N–C) groups is 1. The van der Waals surface area contributed by atoms with Crippen molar-refractivity contribution < 1.29 is 14.3 Å². The number of aryl methyl sites for hydroxylation is 3. The Bertz CT molecular complexity index is 843. The fourth-order valence-electron chi connectivity index (χ4n) is 2.80. The molecule has 2 rings (SSSR count). The van der Waals surface area contributed by atoms with Crippen LogP contribution in [0.15, 0.2) is 23.2 Å². The van der Waals surface area contributed by atoms with E-state index in [4.69, 9.17) is 9.47 Å². The van der Waals surface area contributed by atoms with Crippen molar-refractivity contribution in [3.05, 3.63) is 44.9 Å². The van der Waals surface area contributed by atoms with Crippen LogP contribution in [-0.4, -0.2) is 43.7 Å². The molecule has 0 radical (unpaired) electrons. The Morgan fingerprint density at radius 3 is 2.59 bits per heavy atom. The number of hydrogen-bond donors (Lipinski definition) is 2. The van der Waals surface area contributed by atoms with Crippen molar-refractivity contribution in [2.24, 2.45) is 4.99 Å². The molecule has 0 spiro atoms. The smallest absolute Gasteiger partial charge is 0.350 e. The van der Waals surface area contributed by atoms with E-state index in [-0.39, 0.29) is 12.0 Å². The minimum atomic E-state index is -0.327. The molecule has 0 saturated heterocycles. The highest BCUT2D eigenvalue weighted by Gasteiger charge is 2.20. The number of nitrogens with zero attached hydrogens (tertiary/aromatic N) is 2. The zero-order valence-electron chi connectivity index (χ0n) is 18.0. The Kier molecular flexibility index (Phi) is 8.45. The van der Waals surface area contributed by atoms with Gasteiger partial charge in [0.05, 0.1) is 24.9 Å². The van der Waals surface area contributed by atoms with Crippen LogP contribution in [0, 0.1) is 20.8 Å². The average Bonchev–Trinajstić information content (AvgIpc) is 3.08. The highest BCUT2D eigenvalue weighted by molar-refractivity contribution is 7.13. The van der Waals surface area contributed by atoms with Crippen molar-refractivity contribution in [1.82, 2.24) is 15.6 Å². The van der Waals surface area contributed by atoms with Gasteiger partial charge in [-0.05, 0) is 45.7 Å². The predicted octanol–water partition coefficient (Wildman–Crippen LogP) is 3.55. The number of thiazole rings is 1. The first-order valence-corrected chi connectivity index (χ1v) is 10.5. The van der Waals surface area contributed by atoms with Crippen molar-refractivity contribution in [3.8, 4) is 5.75 Å². The summed E-state index contributed by atoms with van der Waals surface area (Å²) in [6, 6.07) is 6.00. The van der Waals surface area contributed by atoms with Crippen molar-refractivity contribution in [2.45, 2.75) is 40.7 Å². The number of guanidine groups is 1. The lowest BCUT2D eigenvalue weighted by Crippen LogP contribution is -2.40. The first kappa shape index (κ1) is 22.7. The number of carbonyl (C=O) groups excluding carboxylic acids is 1. The third-order valence-corrected chi connectivity index (χ3v) is 5.59. The topological polar surface area (TPSA) is 84.8 Å². The van der Waals surface area contributed by atoms with Crippen molar-refractivity contribution >= 4 is 23.3 Å². The first-order chi connectivity index (χ1) is 13.9. The Balaban J connectivity index is 1.88. The number of nitrogens with one attached hydrogen (secondary N) is 2. The molecule has 2 aromatic rings. The van der Waals surface area contributed by atoms with Gasteiger partial charge in [0.2, 0.25) is 0 Å². The van der Waals surface area contributed by atoms with Gasteiger partial charge < -0.3 is 20.1 Å². The maximum Gasteiger partial charge on any atom is 0.350 e. The zero-order valence-corrected chi connectivity index (χ0v) is 18.8. The molecule has 0 aliphatic heterocycles. The number of esters is 1. The molecule has 1 aromatic heterocycles. The van der Waals surface area contributed by atoms with Crippen LogP contribution in [0.1, 0.15) is 51.4 Å². The number of benzene rings is 1. The molecule has 0 bridgehead atoms. The summed E-state index contributed by atoms with van der Waals surface area (Å²) < 4.78 is 11.0. The molecule has 0 amide bonds. The van der Waals surface area contributed by atoms with E-state index in [0.717, 1.165) is 21.9 Å². The molecule has 1 unspecified atom stereocenters. The predicted molar refractivity (Wildman–Crippen MR) is 117 cm³/mol. The van der Waals surface area contributed by atoms with E-state index in [0.29, 0.717) is 36.3 Å². The third kappa shape index (κ3) is 6.19. The van der Waals surface area contributed by atoms with Crippen LogP contribution in [0.3, 0.4) is 0 Å². The van der Waals surface area contributed by atoms with Gasteiger partial charge in [-0.15, -0.1) is 11.3 Å². The van der Waals surface area contributed by atoms with Gasteiger partial charge in [-0.3, -0.25) is 4.99 Å². The fraction of sp³-hybridized carbons (Fsp3) is 0.476. The fourth-order valence-corrected chi connectivity index (χ4v) is 3.76. The molecule has 0 saturated carbocycles. The Morgan fingerprint density at radius 2 is 1.97 bits per heavy atom. The average molecular weight is 419 g/mol. The van der Waals surface area contributed by atoms with Crippen LogP contribution in [0.2, 0.25) is 0 Å². The van der Waals surface area contributed by atoms with Crippen LogP contribution < -0.4 is 15.4 Å². The van der Waals surface area contributed by atoms with Gasteiger partial charge in [0.1, 0.15) is 22.2 Å². The normalized spacial score (nSPS) is 12.4. The van der Waals surface area contributed by atoms with Gasteiger partial charge in [-0.1, -0.05) is 18.2 Å². The molecule has 0 fully saturated rings. The lowest BCUT2D eigenvalue weighted by molar-refractivity contribution is 0.0531. The van der Waals surface area contributed by atoms with Crippen LogP contribution >= 0.6 is 11.3 Å². The number of ether oxygens (including phenoxy) is 2. The molecule has 8 heteroatoms. The van der Waals surface area contributed by atoms with E-state index in [1.54, 1.807) is 14.0 Å². The second kappa shape index (κ2) is 10.8. The maximum absolute atomic E-state index is 12.0. The summed E-state index contributed by atoms with van der Waals surface area (Å²) in [5.41, 5.74) is 2.93. The van der Waals surface area contributed by atoms with Crippen LogP contribution in [0.25, 0.3) is 0 Å². The minimum Gasteiger partial charge on any atom is -0.491 e. The van der Waals surface area contributed by atoms with E-state index in [9.17, 15) is 4.79 Å². The summed E-state index contributed by atoms with van der Waals surface area (Å²) in [5, 5.41) is 7.34. The Morgan fingerprint density at radius 1 is 1.28 bits per heavy atom. The van der Waals surface area contributed by atoms with Crippen molar-refractivity contribution in [3.63, 3.8) is 0 Å². The summed E-state index contributed by atoms with van der Waals surface area (Å²) in [7, 11) is 1.71. The summed E-state index contributed by atoms with van der Waals surface area (Å²) >= 11 is 1.34. The highest BCUT2D eigenvalue weighted by Crippen LogP contribution is 2.24. The molecular weight excluding hydrogens is 388 g/mol. The molecule has 0 aliphatic rings. The van der Waals surface area contributed by atoms with Gasteiger partial charge in [0, 0.05) is 7.05 Å². The summed E-state index contributed by atoms with van der Waals surface area (Å²) in [5.74, 6) is 1.25. The van der Waals surface area contributed by atoms with Crippen LogP contribution in [0.4, 0.5) is 0 Å². The number of hydrogen-bond acceptors (Lipinski definition) is 6. The highest BCUT2D eigenvalue weighted by atomic mass is 32.1. The van der Waals surface area contributed by atoms with Gasteiger partial charge in [0.25, 0.3) is 0 Å². The maximum atomic E-state index is 12.0. The van der Waals surface area contributed by atoms with Crippen LogP contribution in [0.5, 0.6) is 5.75 Å². The van der Waals surface area contributed by atoms with Crippen molar-refractivity contribution in [1.29, 1.82) is 0 Å². The van der Waals surface area contributed by atoms with Gasteiger partial charge >= 0.3 is 5.97 Å². The van der Waals surface area contributed by atoms with Crippen LogP contribution in [-0.2, 0) is 4.74 Å². The lowest BCUT2D eigenvalue weighted by atomic mass is 10.1. The van der Waals surface area contributed by atoms with E-state index in [2.05, 4.69) is 20.6 Å². The molecule has 7 nitrogen and oxygen atoms in total. The first-order valence-electron chi connectivity index (χ1n) is 9.68. The quantitative estimate of drug-likeness (QED) is 0.295. The lowest BCUT2D eigenvalue weighted by Gasteiger charge is -2.17. The summed E-state index contributed by atoms with van der Waals surface area (Å²) in [4.78, 5) is 21.3. The van der Waals surface area contributed by atoms with E-state index >= 15 is 0 Å². The largest absolute Gasteiger partial charge is 0.491 e. The standard InChI is InChI=1S/C21H30N4O3S/c1-7-27-20(26)18-15(4)24-19(29-18)16(5)25-21(22-6)23-11-12-28-17-13(2)9-8-10-14(17)3/h8-10,16H,7,11-12H2,1-6H3,(H2,22,23,25). The number of rotatable bonds is 8. The Labute approximate surface area is 176 Å². The second-order valence-electron chi connectivity index (χ2n) is 6.62. The van der Waals surface area contributed by atoms with E-state index in [1.165, 1.54) is 11.3 Å². The molecule has 2 N–H and O–H groups in total. The molecule has 1 heterocycles.